The molecule has 1 fully saturated rings. The SMILES string of the molecule is CC1CN(c2nc(C(=O)O)co2)CCC1O. The van der Waals surface area contributed by atoms with Crippen LogP contribution in [0, 0.1) is 5.92 Å². The van der Waals surface area contributed by atoms with E-state index in [-0.39, 0.29) is 17.7 Å². The number of aromatic nitrogens is 1. The van der Waals surface area contributed by atoms with Gasteiger partial charge in [-0.3, -0.25) is 0 Å². The van der Waals surface area contributed by atoms with E-state index in [4.69, 9.17) is 9.52 Å². The number of nitrogens with zero attached hydrogens (tertiary/aromatic N) is 2. The smallest absolute Gasteiger partial charge is 0.357 e. The summed E-state index contributed by atoms with van der Waals surface area (Å²) in [5, 5.41) is 18.3. The van der Waals surface area contributed by atoms with E-state index in [0.29, 0.717) is 25.5 Å². The minimum absolute atomic E-state index is 0.0891. The fourth-order valence-electron chi connectivity index (χ4n) is 1.81. The van der Waals surface area contributed by atoms with E-state index in [1.54, 1.807) is 0 Å². The predicted octanol–water partition coefficient (Wildman–Crippen LogP) is 0.580. The van der Waals surface area contributed by atoms with Crippen molar-refractivity contribution in [2.75, 3.05) is 18.0 Å². The standard InChI is InChI=1S/C10H14N2O4/c1-6-4-12(3-2-8(6)13)10-11-7(5-16-10)9(14)15/h5-6,8,13H,2-4H2,1H3,(H,14,15). The molecule has 0 bridgehead atoms. The molecule has 88 valence electrons. The number of anilines is 1. The maximum Gasteiger partial charge on any atom is 0.357 e. The van der Waals surface area contributed by atoms with Crippen LogP contribution in [0.2, 0.25) is 0 Å². The number of aliphatic hydroxyl groups excluding tert-OH is 1. The first-order chi connectivity index (χ1) is 7.58. The highest BCUT2D eigenvalue weighted by atomic mass is 16.4. The Kier molecular flexibility index (Phi) is 2.82. The summed E-state index contributed by atoms with van der Waals surface area (Å²) in [6.45, 7) is 3.20. The van der Waals surface area contributed by atoms with Crippen molar-refractivity contribution in [2.45, 2.75) is 19.4 Å². The first-order valence-electron chi connectivity index (χ1n) is 5.19. The van der Waals surface area contributed by atoms with Crippen LogP contribution in [0.3, 0.4) is 0 Å². The summed E-state index contributed by atoms with van der Waals surface area (Å²) >= 11 is 0. The van der Waals surface area contributed by atoms with Gasteiger partial charge in [-0.15, -0.1) is 0 Å². The molecular weight excluding hydrogens is 212 g/mol. The number of aliphatic hydroxyl groups is 1. The van der Waals surface area contributed by atoms with Crippen molar-refractivity contribution in [2.24, 2.45) is 5.92 Å². The number of hydrogen-bond acceptors (Lipinski definition) is 5. The van der Waals surface area contributed by atoms with Gasteiger partial charge in [-0.25, -0.2) is 4.79 Å². The van der Waals surface area contributed by atoms with E-state index in [1.165, 1.54) is 0 Å². The highest BCUT2D eigenvalue weighted by molar-refractivity contribution is 5.85. The Hall–Kier alpha value is -1.56. The minimum atomic E-state index is -1.10. The molecule has 0 aromatic carbocycles. The van der Waals surface area contributed by atoms with Crippen LogP contribution in [0.4, 0.5) is 6.01 Å². The van der Waals surface area contributed by atoms with Gasteiger partial charge in [0.1, 0.15) is 6.26 Å². The van der Waals surface area contributed by atoms with E-state index in [1.807, 2.05) is 11.8 Å². The average molecular weight is 226 g/mol. The van der Waals surface area contributed by atoms with E-state index in [2.05, 4.69) is 4.98 Å². The van der Waals surface area contributed by atoms with Gasteiger partial charge in [-0.2, -0.15) is 4.98 Å². The third-order valence-corrected chi connectivity index (χ3v) is 2.84. The molecule has 6 nitrogen and oxygen atoms in total. The van der Waals surface area contributed by atoms with Crippen molar-refractivity contribution in [1.29, 1.82) is 0 Å². The topological polar surface area (TPSA) is 86.8 Å². The van der Waals surface area contributed by atoms with Gasteiger partial charge in [0.25, 0.3) is 6.01 Å². The molecule has 2 atom stereocenters. The van der Waals surface area contributed by atoms with Crippen LogP contribution >= 0.6 is 0 Å². The lowest BCUT2D eigenvalue weighted by Crippen LogP contribution is -2.42. The molecule has 0 spiro atoms. The molecule has 0 saturated carbocycles. The summed E-state index contributed by atoms with van der Waals surface area (Å²) in [6.07, 6.45) is 1.48. The molecule has 2 rings (SSSR count). The van der Waals surface area contributed by atoms with Crippen LogP contribution in [0.15, 0.2) is 10.7 Å². The monoisotopic (exact) mass is 226 g/mol. The predicted molar refractivity (Wildman–Crippen MR) is 55.5 cm³/mol. The Bertz CT molecular complexity index is 390. The quantitative estimate of drug-likeness (QED) is 0.767. The molecule has 2 N–H and O–H groups in total. The summed E-state index contributed by atoms with van der Waals surface area (Å²) < 4.78 is 5.10. The molecule has 6 heteroatoms. The molecule has 1 aliphatic rings. The molecule has 16 heavy (non-hydrogen) atoms. The lowest BCUT2D eigenvalue weighted by atomic mass is 9.97. The number of hydrogen-bond donors (Lipinski definition) is 2. The van der Waals surface area contributed by atoms with Crippen LogP contribution in [0.5, 0.6) is 0 Å². The van der Waals surface area contributed by atoms with Crippen LogP contribution < -0.4 is 4.90 Å². The highest BCUT2D eigenvalue weighted by Crippen LogP contribution is 2.22. The van der Waals surface area contributed by atoms with Crippen molar-refractivity contribution in [3.8, 4) is 0 Å². The molecule has 2 heterocycles. The molecule has 1 aromatic rings. The number of rotatable bonds is 2. The van der Waals surface area contributed by atoms with Crippen molar-refractivity contribution >= 4 is 12.0 Å². The van der Waals surface area contributed by atoms with Gasteiger partial charge in [0, 0.05) is 13.1 Å². The number of carboxylic acids is 1. The first kappa shape index (κ1) is 10.9. The fraction of sp³-hybridized carbons (Fsp3) is 0.600. The summed E-state index contributed by atoms with van der Waals surface area (Å²) in [5.74, 6) is -0.964. The van der Waals surface area contributed by atoms with Crippen LogP contribution in [-0.2, 0) is 0 Å². The zero-order valence-electron chi connectivity index (χ0n) is 8.96. The zero-order valence-corrected chi connectivity index (χ0v) is 8.96. The van der Waals surface area contributed by atoms with Gasteiger partial charge in [-0.05, 0) is 12.3 Å². The molecule has 0 radical (unpaired) electrons. The Labute approximate surface area is 92.5 Å². The van der Waals surface area contributed by atoms with Crippen molar-refractivity contribution in [3.63, 3.8) is 0 Å². The fourth-order valence-corrected chi connectivity index (χ4v) is 1.81. The van der Waals surface area contributed by atoms with Gasteiger partial charge in [0.15, 0.2) is 5.69 Å². The van der Waals surface area contributed by atoms with Crippen LogP contribution in [0.25, 0.3) is 0 Å². The Morgan fingerprint density at radius 1 is 1.69 bits per heavy atom. The van der Waals surface area contributed by atoms with Gasteiger partial charge in [0.2, 0.25) is 0 Å². The maximum atomic E-state index is 10.6. The average Bonchev–Trinajstić information content (AvgIpc) is 2.71. The molecule has 1 aliphatic heterocycles. The number of aromatic carboxylic acids is 1. The van der Waals surface area contributed by atoms with Crippen LogP contribution in [0.1, 0.15) is 23.8 Å². The minimum Gasteiger partial charge on any atom is -0.476 e. The zero-order chi connectivity index (χ0) is 11.7. The number of oxazole rings is 1. The summed E-state index contributed by atoms with van der Waals surface area (Å²) in [4.78, 5) is 16.4. The first-order valence-corrected chi connectivity index (χ1v) is 5.19. The molecule has 2 unspecified atom stereocenters. The summed E-state index contributed by atoms with van der Waals surface area (Å²) in [6, 6.07) is 0.316. The number of carbonyl (C=O) groups is 1. The molecule has 1 saturated heterocycles. The van der Waals surface area contributed by atoms with Gasteiger partial charge >= 0.3 is 5.97 Å². The van der Waals surface area contributed by atoms with Gasteiger partial charge in [0.05, 0.1) is 6.10 Å². The van der Waals surface area contributed by atoms with Crippen molar-refractivity contribution < 1.29 is 19.4 Å². The second-order valence-electron chi connectivity index (χ2n) is 4.10. The third-order valence-electron chi connectivity index (χ3n) is 2.84. The number of carboxylic acid groups (broad SMARTS) is 1. The van der Waals surface area contributed by atoms with Crippen molar-refractivity contribution in [3.05, 3.63) is 12.0 Å². The largest absolute Gasteiger partial charge is 0.476 e. The molecule has 1 aromatic heterocycles. The van der Waals surface area contributed by atoms with E-state index in [0.717, 1.165) is 6.26 Å². The van der Waals surface area contributed by atoms with E-state index < -0.39 is 5.97 Å². The van der Waals surface area contributed by atoms with Gasteiger partial charge in [-0.1, -0.05) is 6.92 Å². The molecule has 0 amide bonds. The number of piperidine rings is 1. The Morgan fingerprint density at radius 2 is 2.44 bits per heavy atom. The molecular formula is C10H14N2O4. The maximum absolute atomic E-state index is 10.6. The van der Waals surface area contributed by atoms with Crippen molar-refractivity contribution in [1.82, 2.24) is 4.98 Å². The third kappa shape index (κ3) is 2.01. The molecule has 0 aliphatic carbocycles. The van der Waals surface area contributed by atoms with Gasteiger partial charge < -0.3 is 19.5 Å². The van der Waals surface area contributed by atoms with E-state index >= 15 is 0 Å². The Morgan fingerprint density at radius 3 is 3.00 bits per heavy atom. The lowest BCUT2D eigenvalue weighted by molar-refractivity contribution is 0.0690. The lowest BCUT2D eigenvalue weighted by Gasteiger charge is -2.33. The van der Waals surface area contributed by atoms with E-state index in [9.17, 15) is 9.90 Å². The second kappa shape index (κ2) is 4.13. The summed E-state index contributed by atoms with van der Waals surface area (Å²) in [5.41, 5.74) is -0.0891. The Balaban J connectivity index is 2.09. The second-order valence-corrected chi connectivity index (χ2v) is 4.10. The normalized spacial score (nSPS) is 25.8. The summed E-state index contributed by atoms with van der Waals surface area (Å²) in [7, 11) is 0. The van der Waals surface area contributed by atoms with Crippen LogP contribution in [-0.4, -0.2) is 40.4 Å². The highest BCUT2D eigenvalue weighted by Gasteiger charge is 2.27.